The summed E-state index contributed by atoms with van der Waals surface area (Å²) < 4.78 is 0. The Balaban J connectivity index is 2.23. The van der Waals surface area contributed by atoms with Crippen molar-refractivity contribution < 1.29 is 0 Å². The fraction of sp³-hybridized carbons (Fsp3) is 1.00. The largest absolute Gasteiger partial charge is 0.327 e. The third kappa shape index (κ3) is 4.98. The molecule has 2 N–H and O–H groups in total. The zero-order valence-corrected chi connectivity index (χ0v) is 10.9. The van der Waals surface area contributed by atoms with Crippen LogP contribution in [-0.2, 0) is 0 Å². The highest BCUT2D eigenvalue weighted by Crippen LogP contribution is 2.29. The van der Waals surface area contributed by atoms with E-state index >= 15 is 0 Å². The van der Waals surface area contributed by atoms with Crippen LogP contribution in [0.1, 0.15) is 47.0 Å². The molecule has 1 heterocycles. The van der Waals surface area contributed by atoms with Gasteiger partial charge >= 0.3 is 0 Å². The van der Waals surface area contributed by atoms with Crippen molar-refractivity contribution in [3.05, 3.63) is 0 Å². The van der Waals surface area contributed by atoms with E-state index in [1.165, 1.54) is 25.9 Å². The van der Waals surface area contributed by atoms with Crippen molar-refractivity contribution in [2.24, 2.45) is 17.1 Å². The maximum absolute atomic E-state index is 6.13. The van der Waals surface area contributed by atoms with Crippen molar-refractivity contribution in [3.63, 3.8) is 0 Å². The average molecular weight is 212 g/mol. The molecular formula is C13H28N2. The Bertz CT molecular complexity index is 177. The van der Waals surface area contributed by atoms with Crippen LogP contribution in [-0.4, -0.2) is 30.6 Å². The normalized spacial score (nSPS) is 24.4. The predicted molar refractivity (Wildman–Crippen MR) is 66.9 cm³/mol. The average Bonchev–Trinajstić information content (AvgIpc) is 2.07. The van der Waals surface area contributed by atoms with E-state index in [0.717, 1.165) is 18.9 Å². The molecule has 1 fully saturated rings. The number of rotatable bonds is 4. The number of hydrogen-bond donors (Lipinski definition) is 1. The van der Waals surface area contributed by atoms with Gasteiger partial charge in [0.2, 0.25) is 0 Å². The second-order valence-corrected chi connectivity index (χ2v) is 6.35. The molecule has 1 saturated heterocycles. The van der Waals surface area contributed by atoms with Gasteiger partial charge in [-0.25, -0.2) is 0 Å². The Morgan fingerprint density at radius 3 is 2.20 bits per heavy atom. The molecule has 15 heavy (non-hydrogen) atoms. The van der Waals surface area contributed by atoms with E-state index in [4.69, 9.17) is 5.73 Å². The molecule has 0 aromatic heterocycles. The van der Waals surface area contributed by atoms with Crippen molar-refractivity contribution in [1.82, 2.24) is 4.90 Å². The number of nitrogens with two attached hydrogens (primary N) is 1. The lowest BCUT2D eigenvalue weighted by Crippen LogP contribution is -2.44. The molecule has 1 aliphatic rings. The zero-order valence-electron chi connectivity index (χ0n) is 10.9. The molecule has 0 radical (unpaired) electrons. The van der Waals surface area contributed by atoms with Gasteiger partial charge in [-0.05, 0) is 43.7 Å². The molecule has 0 bridgehead atoms. The maximum Gasteiger partial charge on any atom is 0.0170 e. The van der Waals surface area contributed by atoms with E-state index in [1.807, 2.05) is 0 Å². The standard InChI is InChI=1S/C13H28N2/c1-11(2)9-12(14)10-15-7-5-13(3,4)6-8-15/h11-12H,5-10,14H2,1-4H3. The second-order valence-electron chi connectivity index (χ2n) is 6.35. The second kappa shape index (κ2) is 5.31. The molecule has 90 valence electrons. The third-order valence-corrected chi connectivity index (χ3v) is 3.48. The first-order valence-electron chi connectivity index (χ1n) is 6.37. The van der Waals surface area contributed by atoms with E-state index in [-0.39, 0.29) is 0 Å². The molecule has 2 nitrogen and oxygen atoms in total. The minimum absolute atomic E-state index is 0.367. The molecule has 1 atom stereocenters. The Labute approximate surface area is 95.2 Å². The maximum atomic E-state index is 6.13. The molecule has 0 aromatic rings. The van der Waals surface area contributed by atoms with Crippen LogP contribution < -0.4 is 5.73 Å². The third-order valence-electron chi connectivity index (χ3n) is 3.48. The highest BCUT2D eigenvalue weighted by Gasteiger charge is 2.25. The van der Waals surface area contributed by atoms with Gasteiger partial charge in [-0.15, -0.1) is 0 Å². The summed E-state index contributed by atoms with van der Waals surface area (Å²) in [7, 11) is 0. The van der Waals surface area contributed by atoms with Crippen LogP contribution in [0.4, 0.5) is 0 Å². The van der Waals surface area contributed by atoms with E-state index in [2.05, 4.69) is 32.6 Å². The van der Waals surface area contributed by atoms with Gasteiger partial charge in [0.25, 0.3) is 0 Å². The molecule has 0 amide bonds. The van der Waals surface area contributed by atoms with Crippen LogP contribution >= 0.6 is 0 Å². The van der Waals surface area contributed by atoms with E-state index in [1.54, 1.807) is 0 Å². The molecule has 0 aliphatic carbocycles. The summed E-state index contributed by atoms with van der Waals surface area (Å²) in [4.78, 5) is 2.54. The van der Waals surface area contributed by atoms with Gasteiger partial charge in [-0.1, -0.05) is 27.7 Å². The molecule has 0 spiro atoms. The van der Waals surface area contributed by atoms with Crippen molar-refractivity contribution in [2.75, 3.05) is 19.6 Å². The van der Waals surface area contributed by atoms with Crippen molar-refractivity contribution in [3.8, 4) is 0 Å². The summed E-state index contributed by atoms with van der Waals surface area (Å²) in [6.45, 7) is 12.8. The topological polar surface area (TPSA) is 29.3 Å². The van der Waals surface area contributed by atoms with Gasteiger partial charge in [-0.3, -0.25) is 0 Å². The highest BCUT2D eigenvalue weighted by molar-refractivity contribution is 4.80. The lowest BCUT2D eigenvalue weighted by Gasteiger charge is -2.38. The lowest BCUT2D eigenvalue weighted by atomic mass is 9.82. The van der Waals surface area contributed by atoms with Crippen molar-refractivity contribution in [1.29, 1.82) is 0 Å². The molecule has 0 aromatic carbocycles. The van der Waals surface area contributed by atoms with Crippen molar-refractivity contribution >= 4 is 0 Å². The van der Waals surface area contributed by atoms with Gasteiger partial charge in [0, 0.05) is 12.6 Å². The Morgan fingerprint density at radius 2 is 1.73 bits per heavy atom. The Morgan fingerprint density at radius 1 is 1.20 bits per heavy atom. The van der Waals surface area contributed by atoms with Crippen LogP contribution in [0, 0.1) is 11.3 Å². The SMILES string of the molecule is CC(C)CC(N)CN1CCC(C)(C)CC1. The summed E-state index contributed by atoms with van der Waals surface area (Å²) in [5.41, 5.74) is 6.69. The zero-order chi connectivity index (χ0) is 11.5. The van der Waals surface area contributed by atoms with Crippen LogP contribution in [0.25, 0.3) is 0 Å². The quantitative estimate of drug-likeness (QED) is 0.776. The summed E-state index contributed by atoms with van der Waals surface area (Å²) in [6, 6.07) is 0.367. The first-order chi connectivity index (χ1) is 6.89. The molecule has 0 saturated carbocycles. The summed E-state index contributed by atoms with van der Waals surface area (Å²) in [5, 5.41) is 0. The van der Waals surface area contributed by atoms with Crippen LogP contribution in [0.5, 0.6) is 0 Å². The minimum atomic E-state index is 0.367. The fourth-order valence-electron chi connectivity index (χ4n) is 2.35. The van der Waals surface area contributed by atoms with Crippen LogP contribution in [0.15, 0.2) is 0 Å². The predicted octanol–water partition coefficient (Wildman–Crippen LogP) is 2.48. The summed E-state index contributed by atoms with van der Waals surface area (Å²) in [5.74, 6) is 0.723. The van der Waals surface area contributed by atoms with Gasteiger partial charge < -0.3 is 10.6 Å². The smallest absolute Gasteiger partial charge is 0.0170 e. The monoisotopic (exact) mass is 212 g/mol. The first kappa shape index (κ1) is 13.0. The molecule has 1 aliphatic heterocycles. The van der Waals surface area contributed by atoms with E-state index in [9.17, 15) is 0 Å². The highest BCUT2D eigenvalue weighted by atomic mass is 15.1. The van der Waals surface area contributed by atoms with Gasteiger partial charge in [0.1, 0.15) is 0 Å². The number of hydrogen-bond acceptors (Lipinski definition) is 2. The van der Waals surface area contributed by atoms with E-state index in [0.29, 0.717) is 11.5 Å². The van der Waals surface area contributed by atoms with Gasteiger partial charge in [-0.2, -0.15) is 0 Å². The van der Waals surface area contributed by atoms with E-state index < -0.39 is 0 Å². The van der Waals surface area contributed by atoms with Gasteiger partial charge in [0.05, 0.1) is 0 Å². The molecule has 1 unspecified atom stereocenters. The molecule has 2 heteroatoms. The van der Waals surface area contributed by atoms with Gasteiger partial charge in [0.15, 0.2) is 0 Å². The lowest BCUT2D eigenvalue weighted by molar-refractivity contribution is 0.124. The Kier molecular flexibility index (Phi) is 4.60. The Hall–Kier alpha value is -0.0800. The van der Waals surface area contributed by atoms with Crippen LogP contribution in [0.2, 0.25) is 0 Å². The number of likely N-dealkylation sites (tertiary alicyclic amines) is 1. The first-order valence-corrected chi connectivity index (χ1v) is 6.37. The number of nitrogens with zero attached hydrogens (tertiary/aromatic N) is 1. The summed E-state index contributed by atoms with van der Waals surface area (Å²) in [6.07, 6.45) is 3.79. The fourth-order valence-corrected chi connectivity index (χ4v) is 2.35. The summed E-state index contributed by atoms with van der Waals surface area (Å²) >= 11 is 0. The number of piperidine rings is 1. The molecular weight excluding hydrogens is 184 g/mol. The molecule has 1 rings (SSSR count). The van der Waals surface area contributed by atoms with Crippen LogP contribution in [0.3, 0.4) is 0 Å². The minimum Gasteiger partial charge on any atom is -0.327 e. The van der Waals surface area contributed by atoms with Crippen molar-refractivity contribution in [2.45, 2.75) is 53.0 Å².